The number of carbonyl (C=O) groups is 2. The first-order valence-corrected chi connectivity index (χ1v) is 6.47. The average molecular weight is 301 g/mol. The van der Waals surface area contributed by atoms with Crippen LogP contribution in [0.1, 0.15) is 23.2 Å². The summed E-state index contributed by atoms with van der Waals surface area (Å²) in [7, 11) is 0. The van der Waals surface area contributed by atoms with E-state index in [4.69, 9.17) is 5.11 Å². The van der Waals surface area contributed by atoms with E-state index < -0.39 is 24.6 Å². The van der Waals surface area contributed by atoms with Crippen LogP contribution in [0.4, 0.5) is 18.9 Å². The topological polar surface area (TPSA) is 57.6 Å². The number of Topliss-reactive ketones (excluding diaryl/α,β-unsaturated/α-hetero) is 1. The van der Waals surface area contributed by atoms with Crippen molar-refractivity contribution >= 4 is 17.4 Å². The van der Waals surface area contributed by atoms with Crippen LogP contribution in [0, 0.1) is 5.92 Å². The number of hydrogen-bond donors (Lipinski definition) is 1. The van der Waals surface area contributed by atoms with Gasteiger partial charge in [-0.1, -0.05) is 12.1 Å². The van der Waals surface area contributed by atoms with E-state index in [2.05, 4.69) is 0 Å². The number of fused-ring (bicyclic) bond motifs is 1. The number of carboxylic acids is 1. The SMILES string of the molecule is O=C1CCCN(CC(C(=O)O)C(F)(F)F)c2ccccc21. The molecule has 1 heterocycles. The summed E-state index contributed by atoms with van der Waals surface area (Å²) in [4.78, 5) is 24.1. The first-order valence-electron chi connectivity index (χ1n) is 6.47. The largest absolute Gasteiger partial charge is 0.481 e. The highest BCUT2D eigenvalue weighted by Gasteiger charge is 2.46. The average Bonchev–Trinajstić information content (AvgIpc) is 2.55. The molecule has 0 aromatic heterocycles. The van der Waals surface area contributed by atoms with Crippen molar-refractivity contribution in [3.8, 4) is 0 Å². The smallest absolute Gasteiger partial charge is 0.403 e. The molecule has 1 aromatic rings. The van der Waals surface area contributed by atoms with Crippen LogP contribution in [-0.2, 0) is 4.79 Å². The molecule has 1 unspecified atom stereocenters. The number of carbonyl (C=O) groups excluding carboxylic acids is 1. The minimum absolute atomic E-state index is 0.132. The summed E-state index contributed by atoms with van der Waals surface area (Å²) in [6.07, 6.45) is -4.17. The molecule has 0 bridgehead atoms. The Kier molecular flexibility index (Phi) is 4.20. The van der Waals surface area contributed by atoms with Gasteiger partial charge in [-0.05, 0) is 18.6 Å². The van der Waals surface area contributed by atoms with Crippen molar-refractivity contribution in [2.75, 3.05) is 18.0 Å². The number of carboxylic acid groups (broad SMARTS) is 1. The molecule has 0 saturated heterocycles. The first-order chi connectivity index (χ1) is 9.80. The zero-order chi connectivity index (χ0) is 15.6. The molecule has 0 spiro atoms. The van der Waals surface area contributed by atoms with Crippen molar-refractivity contribution in [1.82, 2.24) is 0 Å². The zero-order valence-corrected chi connectivity index (χ0v) is 11.1. The highest BCUT2D eigenvalue weighted by Crippen LogP contribution is 2.32. The van der Waals surface area contributed by atoms with E-state index in [1.165, 1.54) is 4.90 Å². The van der Waals surface area contributed by atoms with Gasteiger partial charge in [-0.25, -0.2) is 0 Å². The third-order valence-corrected chi connectivity index (χ3v) is 3.47. The third-order valence-electron chi connectivity index (χ3n) is 3.47. The van der Waals surface area contributed by atoms with Gasteiger partial charge in [0.05, 0.1) is 0 Å². The molecule has 21 heavy (non-hydrogen) atoms. The number of aliphatic carboxylic acids is 1. The molecule has 2 rings (SSSR count). The van der Waals surface area contributed by atoms with Gasteiger partial charge in [-0.15, -0.1) is 0 Å². The quantitative estimate of drug-likeness (QED) is 0.932. The summed E-state index contributed by atoms with van der Waals surface area (Å²) >= 11 is 0. The Hall–Kier alpha value is -2.05. The maximum absolute atomic E-state index is 12.8. The summed E-state index contributed by atoms with van der Waals surface area (Å²) in [5, 5.41) is 8.80. The van der Waals surface area contributed by atoms with E-state index in [-0.39, 0.29) is 18.7 Å². The number of anilines is 1. The standard InChI is InChI=1S/C14H14F3NO3/c15-14(16,17)10(13(20)21)8-18-7-3-6-12(19)9-4-1-2-5-11(9)18/h1-2,4-5,10H,3,6-8H2,(H,20,21). The summed E-state index contributed by atoms with van der Waals surface area (Å²) in [6.45, 7) is -0.467. The minimum atomic E-state index is -4.82. The van der Waals surface area contributed by atoms with Crippen molar-refractivity contribution in [2.45, 2.75) is 19.0 Å². The maximum atomic E-state index is 12.8. The van der Waals surface area contributed by atoms with Crippen LogP contribution < -0.4 is 4.90 Å². The van der Waals surface area contributed by atoms with E-state index in [9.17, 15) is 22.8 Å². The molecule has 1 aliphatic rings. The van der Waals surface area contributed by atoms with Gasteiger partial charge in [0.2, 0.25) is 0 Å². The Balaban J connectivity index is 2.33. The van der Waals surface area contributed by atoms with Crippen molar-refractivity contribution in [1.29, 1.82) is 0 Å². The number of hydrogen-bond acceptors (Lipinski definition) is 3. The van der Waals surface area contributed by atoms with Crippen molar-refractivity contribution in [3.63, 3.8) is 0 Å². The summed E-state index contributed by atoms with van der Waals surface area (Å²) in [5.74, 6) is -4.51. The molecule has 1 N–H and O–H groups in total. The number of rotatable bonds is 3. The highest BCUT2D eigenvalue weighted by atomic mass is 19.4. The van der Waals surface area contributed by atoms with E-state index >= 15 is 0 Å². The minimum Gasteiger partial charge on any atom is -0.481 e. The second-order valence-electron chi connectivity index (χ2n) is 4.92. The predicted molar refractivity (Wildman–Crippen MR) is 69.4 cm³/mol. The molecule has 1 aliphatic heterocycles. The van der Waals surface area contributed by atoms with Crippen molar-refractivity contribution < 1.29 is 27.9 Å². The van der Waals surface area contributed by atoms with Gasteiger partial charge in [0.1, 0.15) is 0 Å². The van der Waals surface area contributed by atoms with Gasteiger partial charge in [-0.3, -0.25) is 9.59 Å². The molecule has 0 aliphatic carbocycles. The number of nitrogens with zero attached hydrogens (tertiary/aromatic N) is 1. The van der Waals surface area contributed by atoms with E-state index in [1.807, 2.05) is 0 Å². The second-order valence-corrected chi connectivity index (χ2v) is 4.92. The van der Waals surface area contributed by atoms with Gasteiger partial charge in [0, 0.05) is 30.8 Å². The lowest BCUT2D eigenvalue weighted by Crippen LogP contribution is -2.41. The fourth-order valence-corrected chi connectivity index (χ4v) is 2.40. The maximum Gasteiger partial charge on any atom is 0.403 e. The van der Waals surface area contributed by atoms with Crippen molar-refractivity contribution in [2.24, 2.45) is 5.92 Å². The van der Waals surface area contributed by atoms with Gasteiger partial charge >= 0.3 is 12.1 Å². The molecule has 0 fully saturated rings. The molecule has 114 valence electrons. The summed E-state index contributed by atoms with van der Waals surface area (Å²) in [6, 6.07) is 6.36. The van der Waals surface area contributed by atoms with Gasteiger partial charge in [0.25, 0.3) is 0 Å². The lowest BCUT2D eigenvalue weighted by atomic mass is 10.1. The Bertz CT molecular complexity index is 557. The van der Waals surface area contributed by atoms with Crippen LogP contribution in [0.2, 0.25) is 0 Å². The Morgan fingerprint density at radius 3 is 2.62 bits per heavy atom. The predicted octanol–water partition coefficient (Wildman–Crippen LogP) is 2.73. The number of alkyl halides is 3. The lowest BCUT2D eigenvalue weighted by molar-refractivity contribution is -0.191. The molecular formula is C14H14F3NO3. The third kappa shape index (κ3) is 3.34. The van der Waals surface area contributed by atoms with Crippen molar-refractivity contribution in [3.05, 3.63) is 29.8 Å². The normalized spacial score (nSPS) is 17.1. The molecule has 0 saturated carbocycles. The number of para-hydroxylation sites is 1. The van der Waals surface area contributed by atoms with E-state index in [0.717, 1.165) is 0 Å². The second kappa shape index (κ2) is 5.75. The Labute approximate surface area is 119 Å². The van der Waals surface area contributed by atoms with Crippen LogP contribution in [-0.4, -0.2) is 36.1 Å². The summed E-state index contributed by atoms with van der Waals surface area (Å²) in [5.41, 5.74) is 0.719. The zero-order valence-electron chi connectivity index (χ0n) is 11.1. The monoisotopic (exact) mass is 301 g/mol. The Morgan fingerprint density at radius 1 is 1.33 bits per heavy atom. The molecule has 0 radical (unpaired) electrons. The van der Waals surface area contributed by atoms with Crippen LogP contribution in [0.5, 0.6) is 0 Å². The fourth-order valence-electron chi connectivity index (χ4n) is 2.40. The lowest BCUT2D eigenvalue weighted by Gasteiger charge is -2.28. The number of halogens is 3. The van der Waals surface area contributed by atoms with Crippen LogP contribution in [0.15, 0.2) is 24.3 Å². The fraction of sp³-hybridized carbons (Fsp3) is 0.429. The van der Waals surface area contributed by atoms with Crippen LogP contribution in [0.3, 0.4) is 0 Å². The molecule has 0 amide bonds. The van der Waals surface area contributed by atoms with E-state index in [1.54, 1.807) is 24.3 Å². The molecule has 7 heteroatoms. The van der Waals surface area contributed by atoms with E-state index in [0.29, 0.717) is 17.7 Å². The molecule has 4 nitrogen and oxygen atoms in total. The molecule has 1 aromatic carbocycles. The molecular weight excluding hydrogens is 287 g/mol. The number of ketones is 1. The highest BCUT2D eigenvalue weighted by molar-refractivity contribution is 6.02. The van der Waals surface area contributed by atoms with Gasteiger partial charge < -0.3 is 10.0 Å². The van der Waals surface area contributed by atoms with Gasteiger partial charge in [-0.2, -0.15) is 13.2 Å². The van der Waals surface area contributed by atoms with Gasteiger partial charge in [0.15, 0.2) is 11.7 Å². The van der Waals surface area contributed by atoms with Crippen LogP contribution >= 0.6 is 0 Å². The first kappa shape index (κ1) is 15.3. The Morgan fingerprint density at radius 2 is 2.00 bits per heavy atom. The summed E-state index contributed by atoms with van der Waals surface area (Å²) < 4.78 is 38.4. The molecule has 1 atom stereocenters. The number of benzene rings is 1. The van der Waals surface area contributed by atoms with Crippen LogP contribution in [0.25, 0.3) is 0 Å².